The molecule has 0 saturated carbocycles. The Morgan fingerprint density at radius 3 is 2.44 bits per heavy atom. The van der Waals surface area contributed by atoms with Crippen LogP contribution < -0.4 is 0 Å². The molecule has 9 heteroatoms. The molecule has 0 amide bonds. The number of hydrogen-bond acceptors (Lipinski definition) is 2. The molecular formula is C32H29ClF5NO2. The van der Waals surface area contributed by atoms with Gasteiger partial charge in [0.2, 0.25) is 0 Å². The number of halogens is 6. The monoisotopic (exact) mass is 589 g/mol. The van der Waals surface area contributed by atoms with Crippen LogP contribution in [0.15, 0.2) is 54.6 Å². The molecule has 3 aromatic carbocycles. The Balaban J connectivity index is 1.62. The summed E-state index contributed by atoms with van der Waals surface area (Å²) in [7, 11) is 0. The molecule has 0 aromatic heterocycles. The van der Waals surface area contributed by atoms with Gasteiger partial charge in [-0.05, 0) is 95.7 Å². The summed E-state index contributed by atoms with van der Waals surface area (Å²) < 4.78 is 71.2. The molecule has 0 radical (unpaired) electrons. The number of allylic oxidation sites excluding steroid dienone is 1. The highest BCUT2D eigenvalue weighted by atomic mass is 35.5. The van der Waals surface area contributed by atoms with Gasteiger partial charge in [0.15, 0.2) is 0 Å². The van der Waals surface area contributed by atoms with E-state index >= 15 is 4.39 Å². The average Bonchev–Trinajstić information content (AvgIpc) is 3.08. The van der Waals surface area contributed by atoms with Crippen molar-refractivity contribution in [2.45, 2.75) is 38.3 Å². The van der Waals surface area contributed by atoms with E-state index in [1.54, 1.807) is 18.2 Å². The van der Waals surface area contributed by atoms with Crippen LogP contribution in [0.5, 0.6) is 0 Å². The van der Waals surface area contributed by atoms with Crippen LogP contribution in [-0.2, 0) is 19.0 Å². The number of alkyl halides is 4. The Morgan fingerprint density at radius 2 is 1.76 bits per heavy atom. The third kappa shape index (κ3) is 6.19. The molecule has 1 N–H and O–H groups in total. The highest BCUT2D eigenvalue weighted by Crippen LogP contribution is 2.46. The van der Waals surface area contributed by atoms with Gasteiger partial charge < -0.3 is 10.0 Å². The molecule has 0 spiro atoms. The number of carboxylic acids is 1. The van der Waals surface area contributed by atoms with Crippen LogP contribution in [0.4, 0.5) is 22.0 Å². The van der Waals surface area contributed by atoms with Crippen LogP contribution in [0.1, 0.15) is 63.0 Å². The van der Waals surface area contributed by atoms with E-state index in [4.69, 9.17) is 11.6 Å². The second-order valence-electron chi connectivity index (χ2n) is 10.7. The van der Waals surface area contributed by atoms with E-state index in [1.807, 2.05) is 0 Å². The fraction of sp³-hybridized carbons (Fsp3) is 0.344. The number of carboxylic acid groups (broad SMARTS) is 1. The van der Waals surface area contributed by atoms with E-state index in [-0.39, 0.29) is 29.8 Å². The zero-order valence-corrected chi connectivity index (χ0v) is 23.0. The van der Waals surface area contributed by atoms with Crippen molar-refractivity contribution in [3.05, 3.63) is 104 Å². The number of nitrogens with zero attached hydrogens (tertiary/aromatic N) is 1. The van der Waals surface area contributed by atoms with Gasteiger partial charge in [0, 0.05) is 25.2 Å². The molecule has 3 aromatic rings. The molecule has 1 aliphatic carbocycles. The Kier molecular flexibility index (Phi) is 8.52. The number of carbonyl (C=O) groups is 1. The van der Waals surface area contributed by atoms with Gasteiger partial charge in [-0.25, -0.2) is 9.18 Å². The first-order valence-electron chi connectivity index (χ1n) is 13.6. The zero-order chi connectivity index (χ0) is 29.3. The Labute approximate surface area is 240 Å². The van der Waals surface area contributed by atoms with Crippen LogP contribution in [0, 0.1) is 11.7 Å². The highest BCUT2D eigenvalue weighted by molar-refractivity contribution is 6.31. The van der Waals surface area contributed by atoms with Crippen LogP contribution in [-0.4, -0.2) is 42.3 Å². The number of fused-ring (bicyclic) bond motifs is 1. The van der Waals surface area contributed by atoms with Gasteiger partial charge in [-0.2, -0.15) is 13.2 Å². The molecular weight excluding hydrogens is 561 g/mol. The average molecular weight is 590 g/mol. The molecule has 5 rings (SSSR count). The maximum absolute atomic E-state index is 16.0. The minimum Gasteiger partial charge on any atom is -0.478 e. The van der Waals surface area contributed by atoms with E-state index in [0.717, 1.165) is 18.7 Å². The van der Waals surface area contributed by atoms with E-state index in [0.29, 0.717) is 60.4 Å². The molecule has 41 heavy (non-hydrogen) atoms. The van der Waals surface area contributed by atoms with Gasteiger partial charge in [0.1, 0.15) is 5.82 Å². The third-order valence-corrected chi connectivity index (χ3v) is 8.20. The summed E-state index contributed by atoms with van der Waals surface area (Å²) in [6.45, 7) is 1.97. The normalized spacial score (nSPS) is 16.3. The summed E-state index contributed by atoms with van der Waals surface area (Å²) in [4.78, 5) is 13.8. The molecule has 2 aliphatic rings. The van der Waals surface area contributed by atoms with Crippen LogP contribution in [0.25, 0.3) is 11.1 Å². The van der Waals surface area contributed by atoms with Crippen molar-refractivity contribution in [3.8, 4) is 0 Å². The van der Waals surface area contributed by atoms with Crippen molar-refractivity contribution in [3.63, 3.8) is 0 Å². The molecule has 1 fully saturated rings. The summed E-state index contributed by atoms with van der Waals surface area (Å²) in [6.07, 6.45) is -2.53. The number of benzene rings is 3. The van der Waals surface area contributed by atoms with E-state index in [1.165, 1.54) is 36.4 Å². The summed E-state index contributed by atoms with van der Waals surface area (Å²) in [5.74, 6) is -1.36. The lowest BCUT2D eigenvalue weighted by Gasteiger charge is -2.39. The Morgan fingerprint density at radius 1 is 1.00 bits per heavy atom. The minimum absolute atomic E-state index is 0.0576. The lowest BCUT2D eigenvalue weighted by atomic mass is 9.84. The summed E-state index contributed by atoms with van der Waals surface area (Å²) in [5, 5.41) is 9.08. The number of hydrogen-bond donors (Lipinski definition) is 1. The summed E-state index contributed by atoms with van der Waals surface area (Å²) in [5.41, 5.74) is 1.67. The largest absolute Gasteiger partial charge is 0.478 e. The van der Waals surface area contributed by atoms with Crippen LogP contribution >= 0.6 is 11.6 Å². The molecule has 1 heterocycles. The molecule has 0 unspecified atom stereocenters. The topological polar surface area (TPSA) is 40.5 Å². The van der Waals surface area contributed by atoms with Gasteiger partial charge in [-0.1, -0.05) is 41.9 Å². The van der Waals surface area contributed by atoms with Gasteiger partial charge >= 0.3 is 12.1 Å². The molecule has 0 bridgehead atoms. The number of aromatic carboxylic acids is 1. The molecule has 216 valence electrons. The number of rotatable bonds is 8. The first-order chi connectivity index (χ1) is 19.6. The lowest BCUT2D eigenvalue weighted by Crippen LogP contribution is -2.47. The first-order valence-corrected chi connectivity index (χ1v) is 14.0. The fourth-order valence-electron chi connectivity index (χ4n) is 6.05. The number of aryl methyl sites for hydroxylation is 1. The molecule has 3 nitrogen and oxygen atoms in total. The Bertz CT molecular complexity index is 1490. The van der Waals surface area contributed by atoms with Crippen LogP contribution in [0.3, 0.4) is 0 Å². The van der Waals surface area contributed by atoms with Crippen molar-refractivity contribution in [2.24, 2.45) is 5.92 Å². The van der Waals surface area contributed by atoms with E-state index < -0.39 is 28.5 Å². The smallest absolute Gasteiger partial charge is 0.418 e. The SMILES string of the molecule is O=C(O)c1ccc2c(c1)CCCC(c1cccc(Cl)c1C(F)(F)F)=C2c1ccc(CC2CN(CCCF)C2)cc1F. The third-order valence-electron chi connectivity index (χ3n) is 7.89. The van der Waals surface area contributed by atoms with Crippen molar-refractivity contribution in [1.82, 2.24) is 4.90 Å². The minimum atomic E-state index is -4.74. The zero-order valence-electron chi connectivity index (χ0n) is 22.2. The van der Waals surface area contributed by atoms with Crippen molar-refractivity contribution in [2.75, 3.05) is 26.3 Å². The quantitative estimate of drug-likeness (QED) is 0.269. The first kappa shape index (κ1) is 29.3. The fourth-order valence-corrected chi connectivity index (χ4v) is 6.34. The van der Waals surface area contributed by atoms with Gasteiger partial charge in [0.05, 0.1) is 22.8 Å². The maximum atomic E-state index is 16.0. The van der Waals surface area contributed by atoms with Crippen molar-refractivity contribution < 1.29 is 31.9 Å². The maximum Gasteiger partial charge on any atom is 0.418 e. The van der Waals surface area contributed by atoms with E-state index in [9.17, 15) is 27.5 Å². The molecule has 1 saturated heterocycles. The summed E-state index contributed by atoms with van der Waals surface area (Å²) >= 11 is 6.08. The van der Waals surface area contributed by atoms with Crippen molar-refractivity contribution >= 4 is 28.7 Å². The summed E-state index contributed by atoms with van der Waals surface area (Å²) in [6, 6.07) is 13.3. The van der Waals surface area contributed by atoms with Crippen LogP contribution in [0.2, 0.25) is 5.02 Å². The predicted octanol–water partition coefficient (Wildman–Crippen LogP) is 8.33. The highest BCUT2D eigenvalue weighted by Gasteiger charge is 2.38. The standard InChI is InChI=1S/C32H29ClF5NO2/c33-27-7-2-6-25(30(27)32(36,37)38)24-5-1-4-21-16-22(31(40)41)9-11-23(21)29(24)26-10-8-19(15-28(26)35)14-20-17-39(18-20)13-3-12-34/h2,6-11,15-16,20H,1,3-5,12-14,17-18H2,(H,40,41). The molecule has 1 aliphatic heterocycles. The Hall–Kier alpha value is -3.23. The predicted molar refractivity (Wildman–Crippen MR) is 149 cm³/mol. The second kappa shape index (κ2) is 11.9. The van der Waals surface area contributed by atoms with E-state index in [2.05, 4.69) is 4.90 Å². The number of likely N-dealkylation sites (tertiary alicyclic amines) is 1. The van der Waals surface area contributed by atoms with Gasteiger partial charge in [-0.3, -0.25) is 4.39 Å². The second-order valence-corrected chi connectivity index (χ2v) is 11.1. The lowest BCUT2D eigenvalue weighted by molar-refractivity contribution is -0.137. The van der Waals surface area contributed by atoms with Gasteiger partial charge in [-0.15, -0.1) is 0 Å². The van der Waals surface area contributed by atoms with Gasteiger partial charge in [0.25, 0.3) is 0 Å². The molecule has 0 atom stereocenters. The van der Waals surface area contributed by atoms with Crippen molar-refractivity contribution in [1.29, 1.82) is 0 Å².